The molecule has 0 aliphatic heterocycles. The van der Waals surface area contributed by atoms with E-state index in [1.807, 2.05) is 0 Å². The molecule has 0 aliphatic carbocycles. The summed E-state index contributed by atoms with van der Waals surface area (Å²) < 4.78 is 13.0. The van der Waals surface area contributed by atoms with Crippen LogP contribution < -0.4 is 5.32 Å². The predicted octanol–water partition coefficient (Wildman–Crippen LogP) is 3.13. The molecule has 19 heavy (non-hydrogen) atoms. The molecule has 0 spiro atoms. The number of halogens is 1. The molecule has 2 N–H and O–H groups in total. The van der Waals surface area contributed by atoms with E-state index in [-0.39, 0.29) is 11.5 Å². The summed E-state index contributed by atoms with van der Waals surface area (Å²) >= 11 is 0. The zero-order chi connectivity index (χ0) is 13.8. The fourth-order valence-corrected chi connectivity index (χ4v) is 1.71. The molecule has 0 unspecified atom stereocenters. The van der Waals surface area contributed by atoms with Gasteiger partial charge < -0.3 is 10.4 Å². The van der Waals surface area contributed by atoms with Crippen LogP contribution in [-0.4, -0.2) is 11.0 Å². The number of carbonyl (C=O) groups is 1. The van der Waals surface area contributed by atoms with Crippen LogP contribution in [0.2, 0.25) is 0 Å². The molecule has 0 saturated carbocycles. The number of amides is 1. The summed E-state index contributed by atoms with van der Waals surface area (Å²) in [5, 5.41) is 12.1. The number of aliphatic hydroxyl groups excluding tert-OH is 1. The number of carbonyl (C=O) groups excluding carboxylic acids is 1. The van der Waals surface area contributed by atoms with Crippen LogP contribution in [0, 0.1) is 5.82 Å². The second kappa shape index (κ2) is 5.63. The van der Waals surface area contributed by atoms with E-state index in [4.69, 9.17) is 0 Å². The van der Waals surface area contributed by atoms with Crippen molar-refractivity contribution in [3.8, 4) is 0 Å². The van der Waals surface area contributed by atoms with Gasteiger partial charge in [0.15, 0.2) is 0 Å². The molecule has 1 atom stereocenters. The maximum absolute atomic E-state index is 13.0. The Kier molecular flexibility index (Phi) is 3.92. The van der Waals surface area contributed by atoms with Crippen LogP contribution in [0.4, 0.5) is 10.1 Å². The number of rotatable bonds is 3. The largest absolute Gasteiger partial charge is 0.389 e. The minimum absolute atomic E-state index is 0.252. The predicted molar refractivity (Wildman–Crippen MR) is 71.4 cm³/mol. The Labute approximate surface area is 110 Å². The zero-order valence-electron chi connectivity index (χ0n) is 10.4. The van der Waals surface area contributed by atoms with Crippen molar-refractivity contribution < 1.29 is 14.3 Å². The number of hydrogen-bond acceptors (Lipinski definition) is 2. The van der Waals surface area contributed by atoms with Gasteiger partial charge in [-0.25, -0.2) is 4.39 Å². The van der Waals surface area contributed by atoms with Gasteiger partial charge >= 0.3 is 0 Å². The SMILES string of the molecule is C[C@@H](O)c1cccc(NC(=O)c2cccc(F)c2)c1. The van der Waals surface area contributed by atoms with Crippen LogP contribution in [-0.2, 0) is 0 Å². The maximum atomic E-state index is 13.0. The van der Waals surface area contributed by atoms with Gasteiger partial charge in [0.1, 0.15) is 5.82 Å². The van der Waals surface area contributed by atoms with E-state index in [1.165, 1.54) is 24.3 Å². The quantitative estimate of drug-likeness (QED) is 0.889. The highest BCUT2D eigenvalue weighted by atomic mass is 19.1. The normalized spacial score (nSPS) is 11.9. The van der Waals surface area contributed by atoms with Gasteiger partial charge in [-0.2, -0.15) is 0 Å². The maximum Gasteiger partial charge on any atom is 0.255 e. The number of anilines is 1. The summed E-state index contributed by atoms with van der Waals surface area (Å²) in [6, 6.07) is 12.4. The van der Waals surface area contributed by atoms with E-state index >= 15 is 0 Å². The lowest BCUT2D eigenvalue weighted by molar-refractivity contribution is 0.102. The van der Waals surface area contributed by atoms with Gasteiger partial charge in [0.05, 0.1) is 6.10 Å². The summed E-state index contributed by atoms with van der Waals surface area (Å²) in [6.45, 7) is 1.65. The lowest BCUT2D eigenvalue weighted by atomic mass is 10.1. The molecule has 1 amide bonds. The molecule has 2 aromatic carbocycles. The fraction of sp³-hybridized carbons (Fsp3) is 0.133. The van der Waals surface area contributed by atoms with Crippen LogP contribution in [0.3, 0.4) is 0 Å². The van der Waals surface area contributed by atoms with E-state index in [0.29, 0.717) is 11.3 Å². The topological polar surface area (TPSA) is 49.3 Å². The van der Waals surface area contributed by atoms with Gasteiger partial charge in [0.2, 0.25) is 0 Å². The Balaban J connectivity index is 2.17. The van der Waals surface area contributed by atoms with Crippen molar-refractivity contribution in [1.29, 1.82) is 0 Å². The van der Waals surface area contributed by atoms with Gasteiger partial charge in [-0.1, -0.05) is 18.2 Å². The highest BCUT2D eigenvalue weighted by Gasteiger charge is 2.08. The number of benzene rings is 2. The zero-order valence-corrected chi connectivity index (χ0v) is 10.4. The van der Waals surface area contributed by atoms with E-state index in [2.05, 4.69) is 5.32 Å². The summed E-state index contributed by atoms with van der Waals surface area (Å²) in [4.78, 5) is 11.9. The van der Waals surface area contributed by atoms with E-state index in [9.17, 15) is 14.3 Å². The first kappa shape index (κ1) is 13.2. The molecule has 3 nitrogen and oxygen atoms in total. The highest BCUT2D eigenvalue weighted by Crippen LogP contribution is 2.17. The van der Waals surface area contributed by atoms with Crippen molar-refractivity contribution in [2.45, 2.75) is 13.0 Å². The second-order valence-electron chi connectivity index (χ2n) is 4.27. The van der Waals surface area contributed by atoms with Crippen molar-refractivity contribution in [3.63, 3.8) is 0 Å². The Bertz CT molecular complexity index is 596. The molecule has 0 aromatic heterocycles. The van der Waals surface area contributed by atoms with Crippen molar-refractivity contribution >= 4 is 11.6 Å². The minimum atomic E-state index is -0.606. The Hall–Kier alpha value is -2.20. The third kappa shape index (κ3) is 3.39. The molecule has 0 heterocycles. The Morgan fingerprint density at radius 3 is 2.63 bits per heavy atom. The molecule has 2 aromatic rings. The molecule has 0 fully saturated rings. The van der Waals surface area contributed by atoms with Crippen molar-refractivity contribution in [1.82, 2.24) is 0 Å². The van der Waals surface area contributed by atoms with Gasteiger partial charge in [-0.05, 0) is 42.8 Å². The van der Waals surface area contributed by atoms with Crippen LogP contribution in [0.5, 0.6) is 0 Å². The first-order valence-electron chi connectivity index (χ1n) is 5.91. The van der Waals surface area contributed by atoms with Gasteiger partial charge in [0.25, 0.3) is 5.91 Å². The summed E-state index contributed by atoms with van der Waals surface area (Å²) in [5.41, 5.74) is 1.52. The lowest BCUT2D eigenvalue weighted by Gasteiger charge is -2.09. The second-order valence-corrected chi connectivity index (χ2v) is 4.27. The average molecular weight is 259 g/mol. The van der Waals surface area contributed by atoms with Crippen molar-refractivity contribution in [2.24, 2.45) is 0 Å². The molecular formula is C15H14FNO2. The molecule has 2 rings (SSSR count). The number of aliphatic hydroxyl groups is 1. The van der Waals surface area contributed by atoms with Gasteiger partial charge in [-0.3, -0.25) is 4.79 Å². The third-order valence-corrected chi connectivity index (χ3v) is 2.71. The Morgan fingerprint density at radius 2 is 1.95 bits per heavy atom. The molecule has 4 heteroatoms. The smallest absolute Gasteiger partial charge is 0.255 e. The standard InChI is InChI=1S/C15H14FNO2/c1-10(18)11-4-3-7-14(9-11)17-15(19)12-5-2-6-13(16)8-12/h2-10,18H,1H3,(H,17,19)/t10-/m1/s1. The third-order valence-electron chi connectivity index (χ3n) is 2.71. The molecule has 0 aliphatic rings. The van der Waals surface area contributed by atoms with Crippen molar-refractivity contribution in [2.75, 3.05) is 5.32 Å². The van der Waals surface area contributed by atoms with Crippen LogP contribution >= 0.6 is 0 Å². The molecular weight excluding hydrogens is 245 g/mol. The molecule has 0 saturated heterocycles. The minimum Gasteiger partial charge on any atom is -0.389 e. The van der Waals surface area contributed by atoms with Gasteiger partial charge in [0, 0.05) is 11.3 Å². The van der Waals surface area contributed by atoms with Gasteiger partial charge in [-0.15, -0.1) is 0 Å². The molecule has 98 valence electrons. The number of nitrogens with one attached hydrogen (secondary N) is 1. The summed E-state index contributed by atoms with van der Waals surface area (Å²) in [6.07, 6.45) is -0.606. The van der Waals surface area contributed by atoms with Crippen LogP contribution in [0.25, 0.3) is 0 Å². The van der Waals surface area contributed by atoms with E-state index < -0.39 is 11.9 Å². The summed E-state index contributed by atoms with van der Waals surface area (Å²) in [5.74, 6) is -0.840. The first-order chi connectivity index (χ1) is 9.06. The van der Waals surface area contributed by atoms with Crippen LogP contribution in [0.15, 0.2) is 48.5 Å². The molecule has 0 radical (unpaired) electrons. The first-order valence-corrected chi connectivity index (χ1v) is 5.91. The van der Waals surface area contributed by atoms with E-state index in [1.54, 1.807) is 31.2 Å². The van der Waals surface area contributed by atoms with Crippen molar-refractivity contribution in [3.05, 3.63) is 65.5 Å². The highest BCUT2D eigenvalue weighted by molar-refractivity contribution is 6.04. The summed E-state index contributed by atoms with van der Waals surface area (Å²) in [7, 11) is 0. The number of hydrogen-bond donors (Lipinski definition) is 2. The monoisotopic (exact) mass is 259 g/mol. The molecule has 0 bridgehead atoms. The Morgan fingerprint density at radius 1 is 1.21 bits per heavy atom. The fourth-order valence-electron chi connectivity index (χ4n) is 1.71. The average Bonchev–Trinajstić information content (AvgIpc) is 2.39. The van der Waals surface area contributed by atoms with E-state index in [0.717, 1.165) is 0 Å². The van der Waals surface area contributed by atoms with Crippen LogP contribution in [0.1, 0.15) is 28.9 Å². The lowest BCUT2D eigenvalue weighted by Crippen LogP contribution is -2.12.